The number of likely N-dealkylation sites (N-methyl/N-ethyl adjacent to an activating group) is 2. The predicted molar refractivity (Wildman–Crippen MR) is 120 cm³/mol. The van der Waals surface area contributed by atoms with E-state index < -0.39 is 17.0 Å². The summed E-state index contributed by atoms with van der Waals surface area (Å²) < 4.78 is 16.8. The number of hydrogen-bond donors (Lipinski definition) is 2. The van der Waals surface area contributed by atoms with Gasteiger partial charge in [-0.25, -0.2) is 14.3 Å². The Kier molecular flexibility index (Phi) is 5.57. The van der Waals surface area contributed by atoms with Crippen molar-refractivity contribution < 1.29 is 13.7 Å². The summed E-state index contributed by atoms with van der Waals surface area (Å²) >= 11 is 0. The average molecular weight is 439 g/mol. The van der Waals surface area contributed by atoms with Crippen LogP contribution in [0.25, 0.3) is 0 Å². The number of aromatic nitrogens is 2. The van der Waals surface area contributed by atoms with Gasteiger partial charge in [0.25, 0.3) is 5.91 Å². The second-order valence-corrected chi connectivity index (χ2v) is 8.07. The molecule has 0 saturated heterocycles. The number of methoxy groups -OCH3 is 1. The lowest BCUT2D eigenvalue weighted by atomic mass is 10.0. The maximum atomic E-state index is 13.2. The molecule has 9 nitrogen and oxygen atoms in total. The molecule has 0 radical (unpaired) electrons. The van der Waals surface area contributed by atoms with Gasteiger partial charge in [0.15, 0.2) is 5.82 Å². The zero-order chi connectivity index (χ0) is 22.1. The monoisotopic (exact) mass is 438 g/mol. The van der Waals surface area contributed by atoms with Crippen molar-refractivity contribution in [1.29, 1.82) is 0 Å². The highest BCUT2D eigenvalue weighted by atomic mass is 32.2. The molecule has 0 spiro atoms. The topological polar surface area (TPSA) is 114 Å². The van der Waals surface area contributed by atoms with Gasteiger partial charge < -0.3 is 19.9 Å². The van der Waals surface area contributed by atoms with E-state index in [1.807, 2.05) is 36.2 Å². The molecule has 10 heteroatoms. The summed E-state index contributed by atoms with van der Waals surface area (Å²) in [4.78, 5) is 26.0. The summed E-state index contributed by atoms with van der Waals surface area (Å²) in [6.45, 7) is 0. The molecule has 1 aromatic heterocycles. The molecular weight excluding hydrogens is 416 g/mol. The van der Waals surface area contributed by atoms with Crippen LogP contribution in [0.5, 0.6) is 5.75 Å². The fraction of sp³-hybridized carbons (Fsp3) is 0.190. The van der Waals surface area contributed by atoms with Crippen LogP contribution in [0.2, 0.25) is 0 Å². The molecule has 2 unspecified atom stereocenters. The fourth-order valence-corrected chi connectivity index (χ4v) is 3.95. The van der Waals surface area contributed by atoms with Crippen molar-refractivity contribution in [3.63, 3.8) is 0 Å². The molecule has 0 fully saturated rings. The van der Waals surface area contributed by atoms with Crippen LogP contribution >= 0.6 is 0 Å². The van der Waals surface area contributed by atoms with Crippen molar-refractivity contribution >= 4 is 40.0 Å². The molecule has 1 aliphatic rings. The van der Waals surface area contributed by atoms with E-state index in [4.69, 9.17) is 9.88 Å². The molecule has 160 valence electrons. The third-order valence-electron chi connectivity index (χ3n) is 5.17. The fourth-order valence-electron chi connectivity index (χ4n) is 3.55. The standard InChI is InChI=1S/C21H22N6O3S/c1-26-16-12-23-21(24-13-8-10-14(11-9-13)31(22)29)25-19(16)27(2)18(20(26)28)15-6-4-5-7-17(15)30-3/h4-12,18H,22H2,1-3H3,(H,23,24,25). The van der Waals surface area contributed by atoms with Crippen molar-refractivity contribution in [3.05, 3.63) is 60.3 Å². The number of hydrogen-bond acceptors (Lipinski definition) is 7. The number of anilines is 4. The Hall–Kier alpha value is -3.50. The Labute approximate surface area is 182 Å². The Morgan fingerprint density at radius 3 is 2.52 bits per heavy atom. The summed E-state index contributed by atoms with van der Waals surface area (Å²) in [5, 5.41) is 8.52. The molecule has 2 heterocycles. The van der Waals surface area contributed by atoms with E-state index in [-0.39, 0.29) is 5.91 Å². The number of para-hydroxylation sites is 1. The lowest BCUT2D eigenvalue weighted by Crippen LogP contribution is -2.45. The Balaban J connectivity index is 1.69. The largest absolute Gasteiger partial charge is 0.496 e. The molecule has 31 heavy (non-hydrogen) atoms. The zero-order valence-corrected chi connectivity index (χ0v) is 18.1. The van der Waals surface area contributed by atoms with Gasteiger partial charge in [0, 0.05) is 25.3 Å². The number of amides is 1. The second-order valence-electron chi connectivity index (χ2n) is 7.00. The minimum Gasteiger partial charge on any atom is -0.496 e. The van der Waals surface area contributed by atoms with Crippen LogP contribution in [0.1, 0.15) is 11.6 Å². The van der Waals surface area contributed by atoms with Crippen LogP contribution in [-0.2, 0) is 15.8 Å². The van der Waals surface area contributed by atoms with Crippen LogP contribution in [0, 0.1) is 0 Å². The van der Waals surface area contributed by atoms with Gasteiger partial charge in [0.05, 0.1) is 18.2 Å². The van der Waals surface area contributed by atoms with Crippen LogP contribution < -0.4 is 25.0 Å². The van der Waals surface area contributed by atoms with Gasteiger partial charge in [-0.15, -0.1) is 0 Å². The number of ether oxygens (including phenoxy) is 1. The first-order valence-corrected chi connectivity index (χ1v) is 10.7. The first kappa shape index (κ1) is 20.8. The van der Waals surface area contributed by atoms with Gasteiger partial charge in [-0.05, 0) is 30.3 Å². The molecule has 0 saturated carbocycles. The maximum absolute atomic E-state index is 13.2. The summed E-state index contributed by atoms with van der Waals surface area (Å²) in [6, 6.07) is 13.7. The normalized spacial score (nSPS) is 16.6. The number of carbonyl (C=O) groups excluding carboxylic acids is 1. The Morgan fingerprint density at radius 1 is 1.13 bits per heavy atom. The van der Waals surface area contributed by atoms with Gasteiger partial charge in [-0.1, -0.05) is 18.2 Å². The number of carbonyl (C=O) groups is 1. The van der Waals surface area contributed by atoms with Gasteiger partial charge in [-0.2, -0.15) is 4.98 Å². The number of rotatable bonds is 5. The minimum absolute atomic E-state index is 0.103. The van der Waals surface area contributed by atoms with Crippen molar-refractivity contribution in [3.8, 4) is 5.75 Å². The number of benzene rings is 2. The molecule has 0 bridgehead atoms. The van der Waals surface area contributed by atoms with E-state index in [0.29, 0.717) is 28.1 Å². The lowest BCUT2D eigenvalue weighted by Gasteiger charge is -2.38. The zero-order valence-electron chi connectivity index (χ0n) is 17.3. The quantitative estimate of drug-likeness (QED) is 0.629. The van der Waals surface area contributed by atoms with Crippen molar-refractivity contribution in [1.82, 2.24) is 9.97 Å². The molecular formula is C21H22N6O3S. The van der Waals surface area contributed by atoms with Crippen LogP contribution in [-0.4, -0.2) is 41.3 Å². The van der Waals surface area contributed by atoms with E-state index in [2.05, 4.69) is 15.3 Å². The summed E-state index contributed by atoms with van der Waals surface area (Å²) in [5.41, 5.74) is 2.09. The van der Waals surface area contributed by atoms with Crippen LogP contribution in [0.4, 0.5) is 23.1 Å². The lowest BCUT2D eigenvalue weighted by molar-refractivity contribution is -0.120. The SMILES string of the molecule is COc1ccccc1C1C(=O)N(C)c2cnc(Nc3ccc(S(N)=O)cc3)nc2N1C. The van der Waals surface area contributed by atoms with Crippen molar-refractivity contribution in [2.24, 2.45) is 5.14 Å². The maximum Gasteiger partial charge on any atom is 0.254 e. The number of fused-ring (bicyclic) bond motifs is 1. The third kappa shape index (κ3) is 3.82. The molecule has 1 amide bonds. The summed E-state index contributed by atoms with van der Waals surface area (Å²) in [5.74, 6) is 1.51. The molecule has 0 aliphatic carbocycles. The highest BCUT2D eigenvalue weighted by Crippen LogP contribution is 2.41. The second kappa shape index (κ2) is 8.32. The predicted octanol–water partition coefficient (Wildman–Crippen LogP) is 2.36. The number of nitrogens with one attached hydrogen (secondary N) is 1. The first-order chi connectivity index (χ1) is 14.9. The molecule has 1 aliphatic heterocycles. The van der Waals surface area contributed by atoms with E-state index >= 15 is 0 Å². The first-order valence-electron chi connectivity index (χ1n) is 9.44. The Morgan fingerprint density at radius 2 is 1.84 bits per heavy atom. The molecule has 4 rings (SSSR count). The minimum atomic E-state index is -1.54. The Bertz CT molecular complexity index is 1150. The van der Waals surface area contributed by atoms with Gasteiger partial charge in [0.1, 0.15) is 28.5 Å². The summed E-state index contributed by atoms with van der Waals surface area (Å²) in [6.07, 6.45) is 1.61. The molecule has 3 N–H and O–H groups in total. The average Bonchev–Trinajstić information content (AvgIpc) is 2.78. The van der Waals surface area contributed by atoms with Crippen LogP contribution in [0.15, 0.2) is 59.6 Å². The van der Waals surface area contributed by atoms with E-state index in [9.17, 15) is 9.00 Å². The number of nitrogens with two attached hydrogens (primary N) is 1. The summed E-state index contributed by atoms with van der Waals surface area (Å²) in [7, 11) is 3.58. The smallest absolute Gasteiger partial charge is 0.254 e. The van der Waals surface area contributed by atoms with Gasteiger partial charge in [-0.3, -0.25) is 4.79 Å². The van der Waals surface area contributed by atoms with E-state index in [0.717, 1.165) is 11.3 Å². The molecule has 3 aromatic rings. The van der Waals surface area contributed by atoms with Crippen molar-refractivity contribution in [2.45, 2.75) is 10.9 Å². The number of nitrogens with zero attached hydrogens (tertiary/aromatic N) is 4. The molecule has 2 aromatic carbocycles. The van der Waals surface area contributed by atoms with Crippen molar-refractivity contribution in [2.75, 3.05) is 36.3 Å². The van der Waals surface area contributed by atoms with E-state index in [1.54, 1.807) is 49.5 Å². The highest BCUT2D eigenvalue weighted by Gasteiger charge is 2.38. The van der Waals surface area contributed by atoms with Gasteiger partial charge >= 0.3 is 0 Å². The van der Waals surface area contributed by atoms with Gasteiger partial charge in [0.2, 0.25) is 5.95 Å². The highest BCUT2D eigenvalue weighted by molar-refractivity contribution is 7.82. The third-order valence-corrected chi connectivity index (χ3v) is 5.91. The van der Waals surface area contributed by atoms with E-state index in [1.165, 1.54) is 0 Å². The molecule has 2 atom stereocenters. The van der Waals surface area contributed by atoms with Crippen LogP contribution in [0.3, 0.4) is 0 Å².